The van der Waals surface area contributed by atoms with Gasteiger partial charge in [-0.2, -0.15) is 0 Å². The van der Waals surface area contributed by atoms with E-state index < -0.39 is 6.10 Å². The molecule has 1 unspecified atom stereocenters. The van der Waals surface area contributed by atoms with Crippen LogP contribution in [0.2, 0.25) is 0 Å². The summed E-state index contributed by atoms with van der Waals surface area (Å²) in [5.41, 5.74) is 0. The van der Waals surface area contributed by atoms with Crippen molar-refractivity contribution < 1.29 is 28.6 Å². The molecular weight excluding hydrogens is 1010 g/mol. The molecule has 0 aliphatic rings. The van der Waals surface area contributed by atoms with Gasteiger partial charge >= 0.3 is 17.9 Å². The predicted molar refractivity (Wildman–Crippen MR) is 357 cm³/mol. The maximum absolute atomic E-state index is 12.9. The molecule has 0 saturated heterocycles. The molecule has 0 N–H and O–H groups in total. The number of ether oxygens (including phenoxy) is 3. The van der Waals surface area contributed by atoms with E-state index in [1.54, 1.807) is 0 Å². The Labute approximate surface area is 505 Å². The Bertz CT molecular complexity index is 1830. The molecule has 6 heteroatoms. The first kappa shape index (κ1) is 77.0. The van der Waals surface area contributed by atoms with E-state index in [4.69, 9.17) is 14.2 Å². The molecule has 0 aliphatic carbocycles. The van der Waals surface area contributed by atoms with E-state index in [2.05, 4.69) is 179 Å². The van der Waals surface area contributed by atoms with Crippen molar-refractivity contribution in [2.75, 3.05) is 13.2 Å². The summed E-state index contributed by atoms with van der Waals surface area (Å²) < 4.78 is 16.8. The molecule has 82 heavy (non-hydrogen) atoms. The summed E-state index contributed by atoms with van der Waals surface area (Å²) in [4.78, 5) is 38.2. The van der Waals surface area contributed by atoms with Crippen molar-refractivity contribution in [2.24, 2.45) is 0 Å². The lowest BCUT2D eigenvalue weighted by Gasteiger charge is -2.18. The van der Waals surface area contributed by atoms with E-state index in [1.807, 2.05) is 0 Å². The van der Waals surface area contributed by atoms with Crippen molar-refractivity contribution in [2.45, 2.75) is 290 Å². The molecule has 0 aromatic heterocycles. The van der Waals surface area contributed by atoms with E-state index in [-0.39, 0.29) is 37.5 Å². The second kappa shape index (κ2) is 68.5. The zero-order valence-electron chi connectivity index (χ0n) is 52.9. The first-order valence-electron chi connectivity index (χ1n) is 33.5. The number of allylic oxidation sites excluding steroid dienone is 26. The summed E-state index contributed by atoms with van der Waals surface area (Å²) in [5.74, 6) is -0.980. The SMILES string of the molecule is CC/C=C\C/C=C\C/C=C\C/C=C\C/C=C\C/C=C\C/C=C\CCCC(=O)OC(COC(=O)CCCCCCC/C=C\CCC)COC(=O)CCCCCCCCCCCCCCCCC/C=C\C/C=C\C/C=C\C/C=C\C/C=C\CC. The fourth-order valence-corrected chi connectivity index (χ4v) is 8.81. The lowest BCUT2D eigenvalue weighted by atomic mass is 10.0. The molecule has 0 heterocycles. The summed E-state index contributed by atoms with van der Waals surface area (Å²) in [5, 5.41) is 0. The van der Waals surface area contributed by atoms with Crippen LogP contribution in [-0.4, -0.2) is 37.2 Å². The Kier molecular flexibility index (Phi) is 64.4. The highest BCUT2D eigenvalue weighted by Crippen LogP contribution is 2.16. The largest absolute Gasteiger partial charge is 0.462 e. The molecular formula is C76H122O6. The highest BCUT2D eigenvalue weighted by Gasteiger charge is 2.19. The lowest BCUT2D eigenvalue weighted by Crippen LogP contribution is -2.30. The van der Waals surface area contributed by atoms with Gasteiger partial charge in [-0.05, 0) is 135 Å². The van der Waals surface area contributed by atoms with Crippen LogP contribution < -0.4 is 0 Å². The average molecular weight is 1130 g/mol. The minimum Gasteiger partial charge on any atom is -0.462 e. The number of carbonyl (C=O) groups is 3. The minimum absolute atomic E-state index is 0.108. The van der Waals surface area contributed by atoms with Gasteiger partial charge in [0.25, 0.3) is 0 Å². The maximum Gasteiger partial charge on any atom is 0.306 e. The predicted octanol–water partition coefficient (Wildman–Crippen LogP) is 23.3. The summed E-state index contributed by atoms with van der Waals surface area (Å²) >= 11 is 0. The number of hydrogen-bond acceptors (Lipinski definition) is 6. The van der Waals surface area contributed by atoms with Crippen molar-refractivity contribution in [3.8, 4) is 0 Å². The average Bonchev–Trinajstić information content (AvgIpc) is 3.47. The van der Waals surface area contributed by atoms with E-state index in [9.17, 15) is 14.4 Å². The Morgan fingerprint density at radius 3 is 0.793 bits per heavy atom. The van der Waals surface area contributed by atoms with Gasteiger partial charge in [-0.15, -0.1) is 0 Å². The molecule has 0 aliphatic heterocycles. The van der Waals surface area contributed by atoms with Gasteiger partial charge in [-0.3, -0.25) is 14.4 Å². The first-order chi connectivity index (χ1) is 40.5. The molecule has 0 amide bonds. The maximum atomic E-state index is 12.9. The molecule has 6 nitrogen and oxygen atoms in total. The topological polar surface area (TPSA) is 78.9 Å². The number of carbonyl (C=O) groups excluding carboxylic acids is 3. The Balaban J connectivity index is 4.29. The minimum atomic E-state index is -0.819. The van der Waals surface area contributed by atoms with Crippen molar-refractivity contribution >= 4 is 17.9 Å². The highest BCUT2D eigenvalue weighted by molar-refractivity contribution is 5.71. The number of esters is 3. The van der Waals surface area contributed by atoms with Gasteiger partial charge in [-0.25, -0.2) is 0 Å². The Morgan fingerprint density at radius 2 is 0.488 bits per heavy atom. The molecule has 0 radical (unpaired) electrons. The fraction of sp³-hybridized carbons (Fsp3) is 0.618. The molecule has 0 saturated carbocycles. The van der Waals surface area contributed by atoms with E-state index >= 15 is 0 Å². The van der Waals surface area contributed by atoms with Crippen LogP contribution in [0.3, 0.4) is 0 Å². The number of rotatable bonds is 59. The third-order valence-electron chi connectivity index (χ3n) is 13.7. The molecule has 0 aromatic rings. The van der Waals surface area contributed by atoms with Crippen LogP contribution in [0.25, 0.3) is 0 Å². The molecule has 0 bridgehead atoms. The molecule has 0 fully saturated rings. The van der Waals surface area contributed by atoms with E-state index in [1.165, 1.54) is 96.3 Å². The van der Waals surface area contributed by atoms with Crippen LogP contribution in [0, 0.1) is 0 Å². The van der Waals surface area contributed by atoms with Gasteiger partial charge in [0.15, 0.2) is 6.10 Å². The van der Waals surface area contributed by atoms with Gasteiger partial charge < -0.3 is 14.2 Å². The van der Waals surface area contributed by atoms with Gasteiger partial charge in [0, 0.05) is 19.3 Å². The van der Waals surface area contributed by atoms with Crippen LogP contribution in [-0.2, 0) is 28.6 Å². The van der Waals surface area contributed by atoms with Crippen LogP contribution in [0.5, 0.6) is 0 Å². The molecule has 462 valence electrons. The normalized spacial score (nSPS) is 13.2. The summed E-state index contributed by atoms with van der Waals surface area (Å²) in [7, 11) is 0. The Hall–Kier alpha value is -4.97. The van der Waals surface area contributed by atoms with Crippen molar-refractivity contribution in [1.82, 2.24) is 0 Å². The quantitative estimate of drug-likeness (QED) is 0.0261. The van der Waals surface area contributed by atoms with E-state index in [0.717, 1.165) is 141 Å². The highest BCUT2D eigenvalue weighted by atomic mass is 16.6. The van der Waals surface area contributed by atoms with Crippen molar-refractivity contribution in [3.05, 3.63) is 158 Å². The first-order valence-corrected chi connectivity index (χ1v) is 33.5. The van der Waals surface area contributed by atoms with Crippen LogP contribution >= 0.6 is 0 Å². The molecule has 0 aromatic carbocycles. The summed E-state index contributed by atoms with van der Waals surface area (Å²) in [6.07, 6.45) is 99.9. The Morgan fingerprint density at radius 1 is 0.256 bits per heavy atom. The number of unbranched alkanes of at least 4 members (excludes halogenated alkanes) is 22. The van der Waals surface area contributed by atoms with Gasteiger partial charge in [0.2, 0.25) is 0 Å². The second-order valence-corrected chi connectivity index (χ2v) is 21.6. The summed E-state index contributed by atoms with van der Waals surface area (Å²) in [6, 6.07) is 0. The zero-order chi connectivity index (χ0) is 59.2. The van der Waals surface area contributed by atoms with Crippen LogP contribution in [0.15, 0.2) is 158 Å². The third-order valence-corrected chi connectivity index (χ3v) is 13.7. The zero-order valence-corrected chi connectivity index (χ0v) is 52.9. The molecule has 0 spiro atoms. The smallest absolute Gasteiger partial charge is 0.306 e. The molecule has 1 atom stereocenters. The third kappa shape index (κ3) is 65.8. The standard InChI is InChI=1S/C76H122O6/c1-4-7-10-13-16-19-22-24-26-28-30-32-34-35-36-37-38-39-40-41-43-44-46-48-50-52-54-57-60-63-66-69-75(78)81-72-73(71-80-74(77)68-65-62-59-56-21-18-15-12-9-6-3)82-76(79)70-67-64-61-58-55-53-51-49-47-45-42-33-31-29-27-25-23-20-17-14-11-8-5-2/h7-8,10-12,15-17,19-20,24-27,30-33,35-36,45,47,51,53,58,61,73H,4-6,9,13-14,18,21-23,28-29,34,37-44,46,48-50,52,54-57,59-60,62-72H2,1-3H3/b10-7-,11-8-,15-12-,19-16-,20-17-,26-24-,27-25-,32-30-,33-31-,36-35-,47-45-,53-51-,61-58-. The molecule has 0 rings (SSSR count). The van der Waals surface area contributed by atoms with Crippen LogP contribution in [0.4, 0.5) is 0 Å². The lowest BCUT2D eigenvalue weighted by molar-refractivity contribution is -0.167. The monoisotopic (exact) mass is 1130 g/mol. The number of hydrogen-bond donors (Lipinski definition) is 0. The van der Waals surface area contributed by atoms with E-state index in [0.29, 0.717) is 19.3 Å². The van der Waals surface area contributed by atoms with Gasteiger partial charge in [0.05, 0.1) is 0 Å². The van der Waals surface area contributed by atoms with Crippen molar-refractivity contribution in [1.29, 1.82) is 0 Å². The summed E-state index contributed by atoms with van der Waals surface area (Å²) in [6.45, 7) is 6.30. The van der Waals surface area contributed by atoms with Gasteiger partial charge in [0.1, 0.15) is 13.2 Å². The second-order valence-electron chi connectivity index (χ2n) is 21.6. The van der Waals surface area contributed by atoms with Crippen LogP contribution in [0.1, 0.15) is 284 Å². The van der Waals surface area contributed by atoms with Crippen molar-refractivity contribution in [3.63, 3.8) is 0 Å². The van der Waals surface area contributed by atoms with Gasteiger partial charge in [-0.1, -0.05) is 288 Å². The fourth-order valence-electron chi connectivity index (χ4n) is 8.81.